The molecule has 0 saturated heterocycles. The van der Waals surface area contributed by atoms with Gasteiger partial charge < -0.3 is 10.4 Å². The quantitative estimate of drug-likeness (QED) is 0.268. The molecule has 1 heterocycles. The second-order valence-electron chi connectivity index (χ2n) is 8.66. The third kappa shape index (κ3) is 5.54. The van der Waals surface area contributed by atoms with Crippen LogP contribution in [0.3, 0.4) is 0 Å². The summed E-state index contributed by atoms with van der Waals surface area (Å²) in [5.41, 5.74) is -0.0693. The molecule has 0 fully saturated rings. The summed E-state index contributed by atoms with van der Waals surface area (Å²) in [6.07, 6.45) is 0. The van der Waals surface area contributed by atoms with Crippen molar-refractivity contribution in [3.8, 4) is 0 Å². The maximum absolute atomic E-state index is 13.3. The minimum atomic E-state index is -4.22. The first-order valence-electron chi connectivity index (χ1n) is 10.7. The van der Waals surface area contributed by atoms with Crippen molar-refractivity contribution in [3.05, 3.63) is 81.8 Å². The Balaban J connectivity index is 1.68. The van der Waals surface area contributed by atoms with Gasteiger partial charge in [0.1, 0.15) is 22.0 Å². The van der Waals surface area contributed by atoms with Crippen LogP contribution in [0.4, 0.5) is 5.69 Å². The van der Waals surface area contributed by atoms with Crippen molar-refractivity contribution in [1.29, 1.82) is 0 Å². The van der Waals surface area contributed by atoms with Crippen LogP contribution in [0.1, 0.15) is 29.8 Å². The molecule has 1 unspecified atom stereocenters. The van der Waals surface area contributed by atoms with Crippen LogP contribution in [0.25, 0.3) is 11.0 Å². The van der Waals surface area contributed by atoms with Crippen LogP contribution in [0.15, 0.2) is 65.6 Å². The zero-order valence-corrected chi connectivity index (χ0v) is 22.5. The van der Waals surface area contributed by atoms with Crippen molar-refractivity contribution < 1.29 is 23.1 Å². The van der Waals surface area contributed by atoms with Gasteiger partial charge in [0.25, 0.3) is 15.9 Å². The van der Waals surface area contributed by atoms with Gasteiger partial charge in [-0.05, 0) is 48.0 Å². The first-order valence-corrected chi connectivity index (χ1v) is 13.7. The Morgan fingerprint density at radius 3 is 2.35 bits per heavy atom. The molecule has 3 aromatic carbocycles. The molecule has 0 saturated carbocycles. The first kappa shape index (κ1) is 26.8. The molecule has 0 aliphatic carbocycles. The number of carbonyl (C=O) groups excluding carboxylic acids is 1. The molecule has 0 spiro atoms. The van der Waals surface area contributed by atoms with E-state index in [9.17, 15) is 23.1 Å². The number of rotatable bonds is 8. The van der Waals surface area contributed by atoms with E-state index in [2.05, 4.69) is 18.8 Å². The van der Waals surface area contributed by atoms with E-state index in [4.69, 9.17) is 23.2 Å². The number of carboxylic acids is 1. The Morgan fingerprint density at radius 2 is 1.68 bits per heavy atom. The van der Waals surface area contributed by atoms with Crippen LogP contribution in [0.5, 0.6) is 0 Å². The number of hydrogen-bond donors (Lipinski definition) is 3. The summed E-state index contributed by atoms with van der Waals surface area (Å²) in [6.45, 7) is 3.34. The van der Waals surface area contributed by atoms with Gasteiger partial charge in [-0.3, -0.25) is 9.52 Å². The molecule has 192 valence electrons. The van der Waals surface area contributed by atoms with Crippen molar-refractivity contribution in [2.45, 2.75) is 30.2 Å². The van der Waals surface area contributed by atoms with Crippen molar-refractivity contribution in [1.82, 2.24) is 14.1 Å². The Bertz CT molecular complexity index is 1610. The number of nitrogens with zero attached hydrogens (tertiary/aromatic N) is 2. The van der Waals surface area contributed by atoms with Gasteiger partial charge in [0.05, 0.1) is 23.0 Å². The largest absolute Gasteiger partial charge is 0.480 e. The van der Waals surface area contributed by atoms with Crippen molar-refractivity contribution in [2.24, 2.45) is 0 Å². The fourth-order valence-corrected chi connectivity index (χ4v) is 5.94. The van der Waals surface area contributed by atoms with Gasteiger partial charge in [-0.1, -0.05) is 55.2 Å². The number of halogens is 2. The van der Waals surface area contributed by atoms with Gasteiger partial charge in [0, 0.05) is 15.5 Å². The summed E-state index contributed by atoms with van der Waals surface area (Å²) in [7, 11) is -4.22. The molecular formula is C24H20Cl2N4O5S2. The molecule has 0 bridgehead atoms. The molecule has 3 N–H and O–H groups in total. The van der Waals surface area contributed by atoms with Gasteiger partial charge >= 0.3 is 5.97 Å². The molecule has 0 aliphatic rings. The summed E-state index contributed by atoms with van der Waals surface area (Å²) in [5.74, 6) is -2.08. The standard InChI is InChI=1S/C24H20Cl2N4O5S2/c1-24(2,13-6-8-14(25)9-7-13)21(23(32)33)27-22(31)16-11-10-15(26)12-18(16)30-37(34,35)19-5-3-4-17-20(19)29-36-28-17/h3-12,21,30H,1-2H3,(H,27,31)(H,32,33). The Kier molecular flexibility index (Phi) is 7.43. The molecule has 13 heteroatoms. The number of aliphatic carboxylic acids is 1. The van der Waals surface area contributed by atoms with Crippen LogP contribution < -0.4 is 10.0 Å². The third-order valence-corrected chi connectivity index (χ3v) is 8.27. The maximum atomic E-state index is 13.3. The number of benzene rings is 3. The van der Waals surface area contributed by atoms with Gasteiger partial charge in [-0.15, -0.1) is 0 Å². The van der Waals surface area contributed by atoms with E-state index in [1.54, 1.807) is 44.2 Å². The second-order valence-corrected chi connectivity index (χ2v) is 11.7. The molecule has 37 heavy (non-hydrogen) atoms. The summed E-state index contributed by atoms with van der Waals surface area (Å²) in [4.78, 5) is 25.4. The summed E-state index contributed by atoms with van der Waals surface area (Å²) in [6, 6.07) is 13.8. The maximum Gasteiger partial charge on any atom is 0.327 e. The van der Waals surface area contributed by atoms with Crippen LogP contribution in [0, 0.1) is 0 Å². The van der Waals surface area contributed by atoms with E-state index in [0.29, 0.717) is 16.1 Å². The summed E-state index contributed by atoms with van der Waals surface area (Å²) >= 11 is 12.9. The van der Waals surface area contributed by atoms with E-state index >= 15 is 0 Å². The van der Waals surface area contributed by atoms with Crippen molar-refractivity contribution in [2.75, 3.05) is 4.72 Å². The highest BCUT2D eigenvalue weighted by Gasteiger charge is 2.38. The van der Waals surface area contributed by atoms with E-state index in [1.807, 2.05) is 0 Å². The zero-order valence-electron chi connectivity index (χ0n) is 19.4. The lowest BCUT2D eigenvalue weighted by Crippen LogP contribution is -2.52. The Labute approximate surface area is 226 Å². The number of amides is 1. The van der Waals surface area contributed by atoms with E-state index in [1.165, 1.54) is 30.3 Å². The normalized spacial score (nSPS) is 12.8. The average Bonchev–Trinajstić information content (AvgIpc) is 3.31. The zero-order chi connectivity index (χ0) is 27.0. The molecule has 4 aromatic rings. The number of hydrogen-bond acceptors (Lipinski definition) is 7. The lowest BCUT2D eigenvalue weighted by atomic mass is 9.77. The molecule has 9 nitrogen and oxygen atoms in total. The molecule has 4 rings (SSSR count). The highest BCUT2D eigenvalue weighted by Crippen LogP contribution is 2.31. The smallest absolute Gasteiger partial charge is 0.327 e. The van der Waals surface area contributed by atoms with E-state index < -0.39 is 33.4 Å². The molecule has 0 radical (unpaired) electrons. The number of sulfonamides is 1. The number of anilines is 1. The summed E-state index contributed by atoms with van der Waals surface area (Å²) in [5, 5.41) is 13.1. The van der Waals surface area contributed by atoms with Crippen molar-refractivity contribution in [3.63, 3.8) is 0 Å². The minimum absolute atomic E-state index is 0.116. The lowest BCUT2D eigenvalue weighted by molar-refractivity contribution is -0.140. The van der Waals surface area contributed by atoms with Crippen molar-refractivity contribution >= 4 is 73.6 Å². The fraction of sp³-hybridized carbons (Fsp3) is 0.167. The third-order valence-electron chi connectivity index (χ3n) is 5.84. The molecule has 1 atom stereocenters. The fourth-order valence-electron chi connectivity index (χ4n) is 3.80. The van der Waals surface area contributed by atoms with Gasteiger partial charge in [0.15, 0.2) is 0 Å². The van der Waals surface area contributed by atoms with Gasteiger partial charge in [-0.25, -0.2) is 13.2 Å². The SMILES string of the molecule is CC(C)(c1ccc(Cl)cc1)C(NC(=O)c1ccc(Cl)cc1NS(=O)(=O)c1cccc2nsnc12)C(=O)O. The predicted octanol–water partition coefficient (Wildman–Crippen LogP) is 4.96. The predicted molar refractivity (Wildman–Crippen MR) is 143 cm³/mol. The van der Waals surface area contributed by atoms with Crippen LogP contribution in [0.2, 0.25) is 10.0 Å². The highest BCUT2D eigenvalue weighted by atomic mass is 35.5. The van der Waals surface area contributed by atoms with E-state index in [-0.39, 0.29) is 26.7 Å². The Hall–Kier alpha value is -3.25. The monoisotopic (exact) mass is 578 g/mol. The number of carbonyl (C=O) groups is 2. The topological polar surface area (TPSA) is 138 Å². The Morgan fingerprint density at radius 1 is 1.00 bits per heavy atom. The lowest BCUT2D eigenvalue weighted by Gasteiger charge is -2.32. The second kappa shape index (κ2) is 10.3. The van der Waals surface area contributed by atoms with Crippen LogP contribution in [-0.2, 0) is 20.2 Å². The minimum Gasteiger partial charge on any atom is -0.480 e. The van der Waals surface area contributed by atoms with Gasteiger partial charge in [-0.2, -0.15) is 8.75 Å². The summed E-state index contributed by atoms with van der Waals surface area (Å²) < 4.78 is 37.0. The van der Waals surface area contributed by atoms with Crippen LogP contribution in [-0.4, -0.2) is 40.2 Å². The first-order chi connectivity index (χ1) is 17.4. The molecule has 1 amide bonds. The van der Waals surface area contributed by atoms with Crippen LogP contribution >= 0.6 is 34.9 Å². The average molecular weight is 579 g/mol. The van der Waals surface area contributed by atoms with Gasteiger partial charge in [0.2, 0.25) is 0 Å². The molecule has 1 aromatic heterocycles. The molecular weight excluding hydrogens is 559 g/mol. The van der Waals surface area contributed by atoms with E-state index in [0.717, 1.165) is 11.7 Å². The number of fused-ring (bicyclic) bond motifs is 1. The number of carboxylic acid groups (broad SMARTS) is 1. The number of nitrogens with one attached hydrogen (secondary N) is 2. The number of aromatic nitrogens is 2. The molecule has 0 aliphatic heterocycles. The highest BCUT2D eigenvalue weighted by molar-refractivity contribution is 7.93.